The fraction of sp³-hybridized carbons (Fsp3) is 0.375. The zero-order valence-electron chi connectivity index (χ0n) is 13.2. The zero-order valence-corrected chi connectivity index (χ0v) is 13.9. The lowest BCUT2D eigenvalue weighted by Crippen LogP contribution is -2.36. The Balaban J connectivity index is 2.27. The first-order valence-corrected chi connectivity index (χ1v) is 7.66. The molecule has 0 spiro atoms. The molecule has 0 aliphatic heterocycles. The van der Waals surface area contributed by atoms with Crippen molar-refractivity contribution in [2.24, 2.45) is 0 Å². The van der Waals surface area contributed by atoms with E-state index in [2.05, 4.69) is 9.97 Å². The second-order valence-corrected chi connectivity index (χ2v) is 5.51. The van der Waals surface area contributed by atoms with Crippen LogP contribution in [-0.2, 0) is 4.74 Å². The van der Waals surface area contributed by atoms with Crippen LogP contribution in [0.4, 0.5) is 0 Å². The maximum Gasteiger partial charge on any atom is 0.274 e. The van der Waals surface area contributed by atoms with Gasteiger partial charge in [-0.2, -0.15) is 0 Å². The normalized spacial score (nSPS) is 10.8. The summed E-state index contributed by atoms with van der Waals surface area (Å²) in [6.07, 6.45) is 0. The van der Waals surface area contributed by atoms with Crippen molar-refractivity contribution in [1.82, 2.24) is 14.9 Å². The summed E-state index contributed by atoms with van der Waals surface area (Å²) in [6, 6.07) is 7.26. The second-order valence-electron chi connectivity index (χ2n) is 5.08. The van der Waals surface area contributed by atoms with Crippen LogP contribution in [-0.4, -0.2) is 59.3 Å². The number of imidazole rings is 1. The van der Waals surface area contributed by atoms with Crippen molar-refractivity contribution >= 4 is 17.5 Å². The van der Waals surface area contributed by atoms with Crippen LogP contribution in [0.25, 0.3) is 11.4 Å². The molecule has 2 N–H and O–H groups in total. The van der Waals surface area contributed by atoms with Crippen molar-refractivity contribution in [1.29, 1.82) is 0 Å². The van der Waals surface area contributed by atoms with E-state index in [4.69, 9.17) is 21.4 Å². The number of amides is 1. The van der Waals surface area contributed by atoms with Crippen LogP contribution >= 0.6 is 11.6 Å². The van der Waals surface area contributed by atoms with E-state index in [0.29, 0.717) is 35.4 Å². The number of aromatic amines is 1. The van der Waals surface area contributed by atoms with Gasteiger partial charge in [0.15, 0.2) is 0 Å². The summed E-state index contributed by atoms with van der Waals surface area (Å²) in [5.74, 6) is 0.349. The molecule has 0 aliphatic carbocycles. The fourth-order valence-corrected chi connectivity index (χ4v) is 2.42. The monoisotopic (exact) mass is 337 g/mol. The number of nitrogens with zero attached hydrogens (tertiary/aromatic N) is 2. The molecule has 23 heavy (non-hydrogen) atoms. The minimum absolute atomic E-state index is 0.111. The number of halogens is 1. The zero-order chi connectivity index (χ0) is 16.8. The third-order valence-corrected chi connectivity index (χ3v) is 3.64. The average molecular weight is 338 g/mol. The van der Waals surface area contributed by atoms with E-state index < -0.39 is 0 Å². The molecule has 0 fully saturated rings. The number of ether oxygens (including phenoxy) is 1. The number of aliphatic hydroxyl groups excluding tert-OH is 1. The molecule has 1 heterocycles. The number of aromatic nitrogens is 2. The number of carbonyl (C=O) groups excluding carboxylic acids is 1. The first-order chi connectivity index (χ1) is 11.1. The van der Waals surface area contributed by atoms with Gasteiger partial charge in [0.1, 0.15) is 11.5 Å². The van der Waals surface area contributed by atoms with Crippen molar-refractivity contribution in [2.45, 2.75) is 6.92 Å². The molecule has 1 aromatic heterocycles. The molecule has 2 aromatic rings. The minimum atomic E-state index is -0.238. The largest absolute Gasteiger partial charge is 0.395 e. The molecular weight excluding hydrogens is 318 g/mol. The number of carbonyl (C=O) groups is 1. The standard InChI is InChI=1S/C16H20ClN3O3/c1-11-14(16(22)20(6-8-21)7-9-23-2)19-15(18-11)12-4-3-5-13(17)10-12/h3-5,10,21H,6-9H2,1-2H3,(H,18,19). The van der Waals surface area contributed by atoms with E-state index in [9.17, 15) is 4.79 Å². The predicted molar refractivity (Wildman–Crippen MR) is 88.6 cm³/mol. The van der Waals surface area contributed by atoms with Gasteiger partial charge >= 0.3 is 0 Å². The van der Waals surface area contributed by atoms with Crippen molar-refractivity contribution < 1.29 is 14.6 Å². The summed E-state index contributed by atoms with van der Waals surface area (Å²) in [5.41, 5.74) is 1.82. The lowest BCUT2D eigenvalue weighted by molar-refractivity contribution is 0.0650. The molecule has 0 bridgehead atoms. The van der Waals surface area contributed by atoms with Crippen LogP contribution in [0.2, 0.25) is 5.02 Å². The van der Waals surface area contributed by atoms with Gasteiger partial charge in [-0.15, -0.1) is 0 Å². The van der Waals surface area contributed by atoms with E-state index >= 15 is 0 Å². The van der Waals surface area contributed by atoms with E-state index in [1.807, 2.05) is 12.1 Å². The van der Waals surface area contributed by atoms with Gasteiger partial charge in [0, 0.05) is 36.5 Å². The van der Waals surface area contributed by atoms with Gasteiger partial charge in [-0.25, -0.2) is 4.98 Å². The molecule has 7 heteroatoms. The lowest BCUT2D eigenvalue weighted by Gasteiger charge is -2.20. The number of H-pyrrole nitrogens is 1. The number of aliphatic hydroxyl groups is 1. The third kappa shape index (κ3) is 4.31. The van der Waals surface area contributed by atoms with Gasteiger partial charge in [-0.3, -0.25) is 4.79 Å². The highest BCUT2D eigenvalue weighted by Crippen LogP contribution is 2.22. The summed E-state index contributed by atoms with van der Waals surface area (Å²) >= 11 is 5.99. The summed E-state index contributed by atoms with van der Waals surface area (Å²) in [7, 11) is 1.57. The first kappa shape index (κ1) is 17.5. The molecule has 0 aliphatic rings. The van der Waals surface area contributed by atoms with Crippen molar-refractivity contribution in [3.63, 3.8) is 0 Å². The molecule has 1 amide bonds. The van der Waals surface area contributed by atoms with Crippen LogP contribution in [0, 0.1) is 6.92 Å². The molecule has 0 saturated heterocycles. The molecule has 0 atom stereocenters. The minimum Gasteiger partial charge on any atom is -0.395 e. The lowest BCUT2D eigenvalue weighted by atomic mass is 10.2. The van der Waals surface area contributed by atoms with Crippen molar-refractivity contribution in [3.05, 3.63) is 40.7 Å². The molecule has 0 unspecified atom stereocenters. The highest BCUT2D eigenvalue weighted by Gasteiger charge is 2.21. The van der Waals surface area contributed by atoms with Crippen LogP contribution in [0.1, 0.15) is 16.2 Å². The smallest absolute Gasteiger partial charge is 0.274 e. The maximum absolute atomic E-state index is 12.6. The van der Waals surface area contributed by atoms with Crippen LogP contribution in [0.5, 0.6) is 0 Å². The van der Waals surface area contributed by atoms with Crippen LogP contribution in [0.3, 0.4) is 0 Å². The Morgan fingerprint density at radius 1 is 1.43 bits per heavy atom. The Labute approximate surface area is 140 Å². The Kier molecular flexibility index (Phi) is 6.15. The highest BCUT2D eigenvalue weighted by molar-refractivity contribution is 6.30. The summed E-state index contributed by atoms with van der Waals surface area (Å²) in [4.78, 5) is 21.7. The van der Waals surface area contributed by atoms with E-state index in [1.54, 1.807) is 26.2 Å². The average Bonchev–Trinajstić information content (AvgIpc) is 2.92. The maximum atomic E-state index is 12.6. The Hall–Kier alpha value is -1.89. The van der Waals surface area contributed by atoms with E-state index in [0.717, 1.165) is 5.56 Å². The van der Waals surface area contributed by atoms with Crippen molar-refractivity contribution in [2.75, 3.05) is 33.4 Å². The number of rotatable bonds is 7. The van der Waals surface area contributed by atoms with Gasteiger partial charge < -0.3 is 19.7 Å². The SMILES string of the molecule is COCCN(CCO)C(=O)c1nc(-c2cccc(Cl)c2)[nH]c1C. The summed E-state index contributed by atoms with van der Waals surface area (Å²) in [5, 5.41) is 9.74. The molecule has 6 nitrogen and oxygen atoms in total. The van der Waals surface area contributed by atoms with Crippen molar-refractivity contribution in [3.8, 4) is 11.4 Å². The molecule has 124 valence electrons. The van der Waals surface area contributed by atoms with Crippen LogP contribution in [0.15, 0.2) is 24.3 Å². The Bertz CT molecular complexity index is 672. The number of aryl methyl sites for hydroxylation is 1. The number of hydrogen-bond acceptors (Lipinski definition) is 4. The number of hydrogen-bond donors (Lipinski definition) is 2. The van der Waals surface area contributed by atoms with Gasteiger partial charge in [0.05, 0.1) is 13.2 Å². The topological polar surface area (TPSA) is 78.5 Å². The highest BCUT2D eigenvalue weighted by atomic mass is 35.5. The quantitative estimate of drug-likeness (QED) is 0.811. The van der Waals surface area contributed by atoms with Gasteiger partial charge in [0.2, 0.25) is 0 Å². The second kappa shape index (κ2) is 8.10. The van der Waals surface area contributed by atoms with E-state index in [1.165, 1.54) is 4.90 Å². The van der Waals surface area contributed by atoms with E-state index in [-0.39, 0.29) is 19.1 Å². The predicted octanol–water partition coefficient (Wildman–Crippen LogP) is 2.12. The molecular formula is C16H20ClN3O3. The number of benzene rings is 1. The first-order valence-electron chi connectivity index (χ1n) is 7.28. The van der Waals surface area contributed by atoms with Crippen LogP contribution < -0.4 is 0 Å². The third-order valence-electron chi connectivity index (χ3n) is 3.41. The Morgan fingerprint density at radius 2 is 2.22 bits per heavy atom. The van der Waals surface area contributed by atoms with Gasteiger partial charge in [-0.1, -0.05) is 23.7 Å². The molecule has 0 saturated carbocycles. The summed E-state index contributed by atoms with van der Waals surface area (Å²) < 4.78 is 5.00. The number of nitrogens with one attached hydrogen (secondary N) is 1. The number of methoxy groups -OCH3 is 1. The molecule has 0 radical (unpaired) electrons. The van der Waals surface area contributed by atoms with Gasteiger partial charge in [0.25, 0.3) is 5.91 Å². The Morgan fingerprint density at radius 3 is 2.87 bits per heavy atom. The summed E-state index contributed by atoms with van der Waals surface area (Å²) in [6.45, 7) is 2.72. The molecule has 2 rings (SSSR count). The van der Waals surface area contributed by atoms with Gasteiger partial charge in [-0.05, 0) is 19.1 Å². The molecule has 1 aromatic carbocycles. The fourth-order valence-electron chi connectivity index (χ4n) is 2.23.